The van der Waals surface area contributed by atoms with Gasteiger partial charge in [-0.25, -0.2) is 0 Å². The summed E-state index contributed by atoms with van der Waals surface area (Å²) < 4.78 is 0. The number of rotatable bonds is 6. The summed E-state index contributed by atoms with van der Waals surface area (Å²) in [6.07, 6.45) is 0. The third-order valence-electron chi connectivity index (χ3n) is 4.31. The number of benzene rings is 3. The first kappa shape index (κ1) is 19.2. The van der Waals surface area contributed by atoms with Crippen LogP contribution >= 0.6 is 0 Å². The molecule has 142 valence electrons. The number of hydrogen-bond acceptors (Lipinski definition) is 3. The van der Waals surface area contributed by atoms with Gasteiger partial charge in [0, 0.05) is 22.6 Å². The number of carbonyl (C=O) groups excluding carboxylic acids is 2. The Morgan fingerprint density at radius 2 is 1.46 bits per heavy atom. The fourth-order valence-electron chi connectivity index (χ4n) is 2.70. The third-order valence-corrected chi connectivity index (χ3v) is 4.31. The minimum Gasteiger partial charge on any atom is -0.376 e. The van der Waals surface area contributed by atoms with E-state index in [9.17, 15) is 9.59 Å². The minimum absolute atomic E-state index is 0.110. The second kappa shape index (κ2) is 8.86. The molecule has 0 unspecified atom stereocenters. The highest BCUT2D eigenvalue weighted by atomic mass is 16.2. The van der Waals surface area contributed by atoms with Crippen LogP contribution in [0.4, 0.5) is 17.1 Å². The molecule has 0 aliphatic heterocycles. The smallest absolute Gasteiger partial charge is 0.255 e. The van der Waals surface area contributed by atoms with Crippen LogP contribution in [0.1, 0.15) is 21.5 Å². The Hall–Kier alpha value is -3.60. The van der Waals surface area contributed by atoms with E-state index < -0.39 is 0 Å². The lowest BCUT2D eigenvalue weighted by Gasteiger charge is -2.12. The lowest BCUT2D eigenvalue weighted by molar-refractivity contribution is -0.114. The molecule has 0 spiro atoms. The van der Waals surface area contributed by atoms with E-state index in [1.165, 1.54) is 0 Å². The van der Waals surface area contributed by atoms with Crippen molar-refractivity contribution in [2.75, 3.05) is 22.5 Å². The SMILES string of the molecule is Cc1ccc(NC(=O)CNc2cc(C(=O)Nc3ccccc3)ccc2C)cc1. The highest BCUT2D eigenvalue weighted by Crippen LogP contribution is 2.18. The predicted octanol–water partition coefficient (Wildman–Crippen LogP) is 4.61. The topological polar surface area (TPSA) is 70.2 Å². The van der Waals surface area contributed by atoms with E-state index in [1.807, 2.05) is 74.5 Å². The molecular weight excluding hydrogens is 350 g/mol. The summed E-state index contributed by atoms with van der Waals surface area (Å²) in [7, 11) is 0. The molecule has 28 heavy (non-hydrogen) atoms. The Balaban J connectivity index is 1.62. The van der Waals surface area contributed by atoms with Gasteiger partial charge in [-0.05, 0) is 55.8 Å². The molecule has 0 saturated carbocycles. The summed E-state index contributed by atoms with van der Waals surface area (Å²) in [4.78, 5) is 24.7. The molecule has 3 aromatic rings. The van der Waals surface area contributed by atoms with E-state index in [1.54, 1.807) is 12.1 Å². The summed E-state index contributed by atoms with van der Waals surface area (Å²) in [5.41, 5.74) is 4.86. The number of hydrogen-bond donors (Lipinski definition) is 3. The van der Waals surface area contributed by atoms with Gasteiger partial charge in [-0.1, -0.05) is 42.0 Å². The Kier molecular flexibility index (Phi) is 6.07. The van der Waals surface area contributed by atoms with E-state index in [-0.39, 0.29) is 18.4 Å². The van der Waals surface area contributed by atoms with Crippen molar-refractivity contribution in [3.05, 3.63) is 89.5 Å². The van der Waals surface area contributed by atoms with Crippen molar-refractivity contribution in [1.29, 1.82) is 0 Å². The maximum absolute atomic E-state index is 12.5. The van der Waals surface area contributed by atoms with Crippen LogP contribution in [0, 0.1) is 13.8 Å². The zero-order chi connectivity index (χ0) is 19.9. The van der Waals surface area contributed by atoms with Crippen molar-refractivity contribution >= 4 is 28.9 Å². The van der Waals surface area contributed by atoms with Crippen LogP contribution in [0.3, 0.4) is 0 Å². The Bertz CT molecular complexity index is 967. The molecule has 0 aromatic heterocycles. The van der Waals surface area contributed by atoms with E-state index >= 15 is 0 Å². The van der Waals surface area contributed by atoms with Gasteiger partial charge in [0.25, 0.3) is 5.91 Å². The van der Waals surface area contributed by atoms with E-state index in [0.717, 1.165) is 28.2 Å². The molecular formula is C23H23N3O2. The zero-order valence-corrected chi connectivity index (χ0v) is 16.0. The molecule has 2 amide bonds. The van der Waals surface area contributed by atoms with Gasteiger partial charge in [0.05, 0.1) is 6.54 Å². The summed E-state index contributed by atoms with van der Waals surface area (Å²) >= 11 is 0. The first-order valence-electron chi connectivity index (χ1n) is 9.09. The van der Waals surface area contributed by atoms with Gasteiger partial charge in [-0.2, -0.15) is 0 Å². The van der Waals surface area contributed by atoms with Crippen LogP contribution < -0.4 is 16.0 Å². The van der Waals surface area contributed by atoms with Crippen LogP contribution in [-0.2, 0) is 4.79 Å². The number of aryl methyl sites for hydroxylation is 2. The number of amides is 2. The largest absolute Gasteiger partial charge is 0.376 e. The zero-order valence-electron chi connectivity index (χ0n) is 16.0. The predicted molar refractivity (Wildman–Crippen MR) is 114 cm³/mol. The molecule has 0 aliphatic rings. The fraction of sp³-hybridized carbons (Fsp3) is 0.130. The molecule has 0 radical (unpaired) electrons. The van der Waals surface area contributed by atoms with E-state index in [0.29, 0.717) is 5.56 Å². The molecule has 0 fully saturated rings. The number of nitrogens with one attached hydrogen (secondary N) is 3. The molecule has 5 heteroatoms. The van der Waals surface area contributed by atoms with Gasteiger partial charge in [-0.3, -0.25) is 9.59 Å². The fourth-order valence-corrected chi connectivity index (χ4v) is 2.70. The minimum atomic E-state index is -0.196. The molecule has 5 nitrogen and oxygen atoms in total. The first-order valence-corrected chi connectivity index (χ1v) is 9.09. The summed E-state index contributed by atoms with van der Waals surface area (Å²) in [6, 6.07) is 22.3. The number of para-hydroxylation sites is 1. The van der Waals surface area contributed by atoms with Crippen molar-refractivity contribution in [3.63, 3.8) is 0 Å². The second-order valence-electron chi connectivity index (χ2n) is 6.62. The molecule has 3 rings (SSSR count). The Morgan fingerprint density at radius 1 is 0.786 bits per heavy atom. The van der Waals surface area contributed by atoms with Crippen molar-refractivity contribution in [3.8, 4) is 0 Å². The monoisotopic (exact) mass is 373 g/mol. The van der Waals surface area contributed by atoms with Crippen molar-refractivity contribution in [2.45, 2.75) is 13.8 Å². The van der Waals surface area contributed by atoms with Crippen molar-refractivity contribution in [2.24, 2.45) is 0 Å². The standard InChI is InChI=1S/C23H23N3O2/c1-16-8-12-20(13-9-16)25-22(27)15-24-21-14-18(11-10-17(21)2)23(28)26-19-6-4-3-5-7-19/h3-14,24H,15H2,1-2H3,(H,25,27)(H,26,28). The first-order chi connectivity index (χ1) is 13.5. The summed E-state index contributed by atoms with van der Waals surface area (Å²) in [5, 5.41) is 8.82. The van der Waals surface area contributed by atoms with Crippen molar-refractivity contribution < 1.29 is 9.59 Å². The van der Waals surface area contributed by atoms with Crippen LogP contribution in [-0.4, -0.2) is 18.4 Å². The maximum atomic E-state index is 12.5. The highest BCUT2D eigenvalue weighted by Gasteiger charge is 2.10. The maximum Gasteiger partial charge on any atom is 0.255 e. The number of carbonyl (C=O) groups is 2. The molecule has 0 aliphatic carbocycles. The normalized spacial score (nSPS) is 10.2. The Labute approximate surface area is 164 Å². The highest BCUT2D eigenvalue weighted by molar-refractivity contribution is 6.05. The van der Waals surface area contributed by atoms with Gasteiger partial charge < -0.3 is 16.0 Å². The van der Waals surface area contributed by atoms with E-state index in [4.69, 9.17) is 0 Å². The molecule has 0 atom stereocenters. The van der Waals surface area contributed by atoms with Crippen molar-refractivity contribution in [1.82, 2.24) is 0 Å². The molecule has 3 N–H and O–H groups in total. The van der Waals surface area contributed by atoms with Gasteiger partial charge in [-0.15, -0.1) is 0 Å². The summed E-state index contributed by atoms with van der Waals surface area (Å²) in [6.45, 7) is 4.04. The lowest BCUT2D eigenvalue weighted by Crippen LogP contribution is -2.22. The third kappa shape index (κ3) is 5.20. The molecule has 0 bridgehead atoms. The van der Waals surface area contributed by atoms with Crippen LogP contribution in [0.25, 0.3) is 0 Å². The van der Waals surface area contributed by atoms with Crippen LogP contribution in [0.5, 0.6) is 0 Å². The molecule has 0 saturated heterocycles. The average Bonchev–Trinajstić information content (AvgIpc) is 2.70. The van der Waals surface area contributed by atoms with Crippen LogP contribution in [0.15, 0.2) is 72.8 Å². The van der Waals surface area contributed by atoms with Gasteiger partial charge >= 0.3 is 0 Å². The molecule has 3 aromatic carbocycles. The summed E-state index contributed by atoms with van der Waals surface area (Å²) in [5.74, 6) is -0.347. The molecule has 0 heterocycles. The quantitative estimate of drug-likeness (QED) is 0.591. The van der Waals surface area contributed by atoms with Gasteiger partial charge in [0.15, 0.2) is 0 Å². The average molecular weight is 373 g/mol. The lowest BCUT2D eigenvalue weighted by atomic mass is 10.1. The van der Waals surface area contributed by atoms with E-state index in [2.05, 4.69) is 16.0 Å². The van der Waals surface area contributed by atoms with Gasteiger partial charge in [0.1, 0.15) is 0 Å². The second-order valence-corrected chi connectivity index (χ2v) is 6.62. The number of anilines is 3. The van der Waals surface area contributed by atoms with Crippen LogP contribution in [0.2, 0.25) is 0 Å². The van der Waals surface area contributed by atoms with Gasteiger partial charge in [0.2, 0.25) is 5.91 Å². The Morgan fingerprint density at radius 3 is 2.18 bits per heavy atom.